The minimum Gasteiger partial charge on any atom is -0.366 e. The molecule has 0 unspecified atom stereocenters. The van der Waals surface area contributed by atoms with Crippen LogP contribution in [0, 0.1) is 5.82 Å². The predicted octanol–water partition coefficient (Wildman–Crippen LogP) is 5.80. The largest absolute Gasteiger partial charge is 0.366 e. The first-order valence-corrected chi connectivity index (χ1v) is 12.7. The zero-order valence-corrected chi connectivity index (χ0v) is 20.8. The van der Waals surface area contributed by atoms with Gasteiger partial charge in [0, 0.05) is 52.0 Å². The van der Waals surface area contributed by atoms with Crippen LogP contribution in [0.1, 0.15) is 43.6 Å². The Morgan fingerprint density at radius 3 is 2.23 bits per heavy atom. The summed E-state index contributed by atoms with van der Waals surface area (Å²) in [4.78, 5) is 15.9. The topological polar surface area (TPSA) is 47.5 Å². The molecule has 0 spiro atoms. The average molecular weight is 475 g/mol. The van der Waals surface area contributed by atoms with Gasteiger partial charge in [0.1, 0.15) is 17.5 Å². The Morgan fingerprint density at radius 2 is 1.54 bits per heavy atom. The number of hydrogen-bond donors (Lipinski definition) is 1. The number of halogens is 1. The van der Waals surface area contributed by atoms with Crippen LogP contribution < -0.4 is 20.0 Å². The number of benzene rings is 2. The minimum atomic E-state index is -0.173. The zero-order chi connectivity index (χ0) is 24.2. The first kappa shape index (κ1) is 23.4. The van der Waals surface area contributed by atoms with Crippen molar-refractivity contribution in [2.24, 2.45) is 0 Å². The van der Waals surface area contributed by atoms with Crippen molar-refractivity contribution in [3.8, 4) is 0 Å². The van der Waals surface area contributed by atoms with Crippen LogP contribution in [0.2, 0.25) is 0 Å². The molecule has 1 aromatic heterocycles. The van der Waals surface area contributed by atoms with Crippen LogP contribution in [0.4, 0.5) is 33.3 Å². The first-order valence-electron chi connectivity index (χ1n) is 12.7. The van der Waals surface area contributed by atoms with Crippen LogP contribution in [0.15, 0.2) is 54.6 Å². The normalized spacial score (nSPS) is 16.9. The van der Waals surface area contributed by atoms with Gasteiger partial charge in [-0.3, -0.25) is 0 Å². The second-order valence-electron chi connectivity index (χ2n) is 9.81. The lowest BCUT2D eigenvalue weighted by atomic mass is 9.84. The van der Waals surface area contributed by atoms with Gasteiger partial charge >= 0.3 is 0 Å². The monoisotopic (exact) mass is 474 g/mol. The molecular formula is C28H35FN6. The standard InChI is InChI=1S/C28H35FN6/c1-33(2)27-20-26(30-23-14-12-22(13-15-23)21-8-4-3-5-9-21)31-28(32-27)35-18-16-34(17-19-35)25-11-7-6-10-24(25)29/h6-7,10-15,20-21H,3-5,8-9,16-19H2,1-2H3,(H,30,31,32). The summed E-state index contributed by atoms with van der Waals surface area (Å²) >= 11 is 0. The molecule has 1 N–H and O–H groups in total. The molecule has 2 aromatic carbocycles. The van der Waals surface area contributed by atoms with Gasteiger partial charge in [0.15, 0.2) is 0 Å². The third-order valence-corrected chi connectivity index (χ3v) is 7.17. The van der Waals surface area contributed by atoms with Gasteiger partial charge in [-0.1, -0.05) is 43.5 Å². The highest BCUT2D eigenvalue weighted by atomic mass is 19.1. The zero-order valence-electron chi connectivity index (χ0n) is 20.8. The van der Waals surface area contributed by atoms with E-state index in [1.54, 1.807) is 6.07 Å². The Hall–Kier alpha value is -3.35. The molecule has 184 valence electrons. The second kappa shape index (κ2) is 10.5. The Morgan fingerprint density at radius 1 is 0.857 bits per heavy atom. The van der Waals surface area contributed by atoms with Crippen molar-refractivity contribution in [3.05, 3.63) is 66.0 Å². The summed E-state index contributed by atoms with van der Waals surface area (Å²) in [6, 6.07) is 17.8. The summed E-state index contributed by atoms with van der Waals surface area (Å²) in [6.07, 6.45) is 6.67. The Labute approximate surface area is 207 Å². The number of aromatic nitrogens is 2. The molecule has 5 rings (SSSR count). The van der Waals surface area contributed by atoms with E-state index in [2.05, 4.69) is 39.4 Å². The van der Waals surface area contributed by atoms with Crippen molar-refractivity contribution < 1.29 is 4.39 Å². The molecule has 7 heteroatoms. The number of piperazine rings is 1. The molecule has 2 fully saturated rings. The lowest BCUT2D eigenvalue weighted by Crippen LogP contribution is -2.47. The second-order valence-corrected chi connectivity index (χ2v) is 9.81. The fourth-order valence-electron chi connectivity index (χ4n) is 5.13. The third kappa shape index (κ3) is 5.50. The van der Waals surface area contributed by atoms with Crippen LogP contribution in [-0.4, -0.2) is 50.2 Å². The summed E-state index contributed by atoms with van der Waals surface area (Å²) in [5.41, 5.74) is 3.14. The maximum absolute atomic E-state index is 14.2. The van der Waals surface area contributed by atoms with Crippen molar-refractivity contribution in [1.82, 2.24) is 9.97 Å². The van der Waals surface area contributed by atoms with Gasteiger partial charge in [-0.15, -0.1) is 0 Å². The van der Waals surface area contributed by atoms with E-state index in [0.29, 0.717) is 17.6 Å². The molecule has 1 saturated heterocycles. The van der Waals surface area contributed by atoms with Crippen LogP contribution in [-0.2, 0) is 0 Å². The minimum absolute atomic E-state index is 0.173. The van der Waals surface area contributed by atoms with Crippen LogP contribution in [0.25, 0.3) is 0 Å². The quantitative estimate of drug-likeness (QED) is 0.487. The molecule has 0 amide bonds. The van der Waals surface area contributed by atoms with E-state index in [0.717, 1.165) is 43.5 Å². The van der Waals surface area contributed by atoms with E-state index < -0.39 is 0 Å². The Bertz CT molecular complexity index is 1120. The SMILES string of the molecule is CN(C)c1cc(Nc2ccc(C3CCCCC3)cc2)nc(N2CCN(c3ccccc3F)CC2)n1. The number of nitrogens with zero attached hydrogens (tertiary/aromatic N) is 5. The van der Waals surface area contributed by atoms with Gasteiger partial charge in [0.25, 0.3) is 0 Å². The number of rotatable bonds is 6. The van der Waals surface area contributed by atoms with Gasteiger partial charge in [-0.05, 0) is 48.6 Å². The Kier molecular flexibility index (Phi) is 7.02. The van der Waals surface area contributed by atoms with E-state index in [-0.39, 0.29) is 5.82 Å². The lowest BCUT2D eigenvalue weighted by Gasteiger charge is -2.36. The van der Waals surface area contributed by atoms with Gasteiger partial charge < -0.3 is 20.0 Å². The van der Waals surface area contributed by atoms with Crippen LogP contribution >= 0.6 is 0 Å². The smallest absolute Gasteiger partial charge is 0.229 e. The first-order chi connectivity index (χ1) is 17.1. The third-order valence-electron chi connectivity index (χ3n) is 7.17. The van der Waals surface area contributed by atoms with Crippen LogP contribution in [0.5, 0.6) is 0 Å². The highest BCUT2D eigenvalue weighted by Gasteiger charge is 2.22. The van der Waals surface area contributed by atoms with Crippen LogP contribution in [0.3, 0.4) is 0 Å². The van der Waals surface area contributed by atoms with E-state index >= 15 is 0 Å². The summed E-state index contributed by atoms with van der Waals surface area (Å²) < 4.78 is 14.2. The van der Waals surface area contributed by atoms with E-state index in [1.807, 2.05) is 37.2 Å². The van der Waals surface area contributed by atoms with Gasteiger partial charge in [-0.25, -0.2) is 4.39 Å². The van der Waals surface area contributed by atoms with Crippen molar-refractivity contribution in [2.45, 2.75) is 38.0 Å². The van der Waals surface area contributed by atoms with Crippen molar-refractivity contribution in [2.75, 3.05) is 60.3 Å². The number of nitrogens with one attached hydrogen (secondary N) is 1. The molecular weight excluding hydrogens is 439 g/mol. The van der Waals surface area contributed by atoms with Gasteiger partial charge in [0.05, 0.1) is 5.69 Å². The molecule has 1 saturated carbocycles. The maximum atomic E-state index is 14.2. The van der Waals surface area contributed by atoms with Crippen molar-refractivity contribution >= 4 is 29.0 Å². The van der Waals surface area contributed by atoms with E-state index in [1.165, 1.54) is 43.7 Å². The number of para-hydroxylation sites is 1. The molecule has 1 aliphatic heterocycles. The number of anilines is 5. The highest BCUT2D eigenvalue weighted by Crippen LogP contribution is 2.33. The van der Waals surface area contributed by atoms with E-state index in [4.69, 9.17) is 9.97 Å². The summed E-state index contributed by atoms with van der Waals surface area (Å²) in [6.45, 7) is 2.92. The fourth-order valence-corrected chi connectivity index (χ4v) is 5.13. The number of hydrogen-bond acceptors (Lipinski definition) is 6. The molecule has 1 aliphatic carbocycles. The van der Waals surface area contributed by atoms with Crippen molar-refractivity contribution in [3.63, 3.8) is 0 Å². The molecule has 3 aromatic rings. The molecule has 0 atom stereocenters. The predicted molar refractivity (Wildman–Crippen MR) is 143 cm³/mol. The molecule has 35 heavy (non-hydrogen) atoms. The lowest BCUT2D eigenvalue weighted by molar-refractivity contribution is 0.443. The van der Waals surface area contributed by atoms with Gasteiger partial charge in [0.2, 0.25) is 5.95 Å². The Balaban J connectivity index is 1.30. The average Bonchev–Trinajstić information content (AvgIpc) is 2.90. The summed E-state index contributed by atoms with van der Waals surface area (Å²) in [7, 11) is 3.98. The van der Waals surface area contributed by atoms with E-state index in [9.17, 15) is 4.39 Å². The summed E-state index contributed by atoms with van der Waals surface area (Å²) in [5.74, 6) is 2.86. The molecule has 2 heterocycles. The maximum Gasteiger partial charge on any atom is 0.229 e. The van der Waals surface area contributed by atoms with Crippen molar-refractivity contribution in [1.29, 1.82) is 0 Å². The highest BCUT2D eigenvalue weighted by molar-refractivity contribution is 5.62. The molecule has 6 nitrogen and oxygen atoms in total. The summed E-state index contributed by atoms with van der Waals surface area (Å²) in [5, 5.41) is 3.49. The molecule has 0 bridgehead atoms. The van der Waals surface area contributed by atoms with Gasteiger partial charge in [-0.2, -0.15) is 9.97 Å². The fraction of sp³-hybridized carbons (Fsp3) is 0.429. The molecule has 0 radical (unpaired) electrons. The molecule has 2 aliphatic rings.